The molecule has 0 fully saturated rings. The molecular formula is C27H54O4. The van der Waals surface area contributed by atoms with E-state index < -0.39 is 5.97 Å². The minimum absolute atomic E-state index is 0.244. The van der Waals surface area contributed by atoms with Crippen LogP contribution in [-0.2, 0) is 9.53 Å². The van der Waals surface area contributed by atoms with Crippen LogP contribution >= 0.6 is 0 Å². The number of unbranched alkanes of at least 4 members (excludes halogenated alkanes) is 17. The molecule has 0 aromatic heterocycles. The van der Waals surface area contributed by atoms with Crippen molar-refractivity contribution in [3.8, 4) is 0 Å². The number of hydrogen-bond acceptors (Lipinski definition) is 3. The quantitative estimate of drug-likeness (QED) is 0.134. The Morgan fingerprint density at radius 1 is 0.677 bits per heavy atom. The fourth-order valence-electron chi connectivity index (χ4n) is 4.12. The molecule has 0 radical (unpaired) electrons. The molecule has 186 valence electrons. The number of carboxylic acids is 1. The van der Waals surface area contributed by atoms with Crippen LogP contribution < -0.4 is 0 Å². The average Bonchev–Trinajstić information content (AvgIpc) is 2.76. The zero-order valence-corrected chi connectivity index (χ0v) is 20.8. The minimum Gasteiger partial charge on any atom is -0.481 e. The van der Waals surface area contributed by atoms with Crippen LogP contribution in [0.2, 0.25) is 0 Å². The van der Waals surface area contributed by atoms with Crippen LogP contribution in [0, 0.1) is 5.92 Å². The summed E-state index contributed by atoms with van der Waals surface area (Å²) in [6, 6.07) is 0. The van der Waals surface area contributed by atoms with Gasteiger partial charge in [0, 0.05) is 25.6 Å². The zero-order valence-electron chi connectivity index (χ0n) is 20.8. The van der Waals surface area contributed by atoms with Crippen molar-refractivity contribution in [2.24, 2.45) is 5.92 Å². The number of hydrogen-bond donors (Lipinski definition) is 2. The number of aliphatic hydroxyl groups excluding tert-OH is 1. The molecule has 0 saturated carbocycles. The number of ether oxygens (including phenoxy) is 1. The molecule has 0 aliphatic heterocycles. The monoisotopic (exact) mass is 442 g/mol. The SMILES string of the molecule is CCCCCCCCCCCCOCC(CO)CCCCCCCCCCCC(=O)O. The maximum atomic E-state index is 10.4. The van der Waals surface area contributed by atoms with Gasteiger partial charge in [0.1, 0.15) is 0 Å². The van der Waals surface area contributed by atoms with E-state index in [2.05, 4.69) is 6.92 Å². The van der Waals surface area contributed by atoms with Crippen LogP contribution in [-0.4, -0.2) is 36.0 Å². The topological polar surface area (TPSA) is 66.8 Å². The summed E-state index contributed by atoms with van der Waals surface area (Å²) >= 11 is 0. The highest BCUT2D eigenvalue weighted by Crippen LogP contribution is 2.15. The first-order valence-electron chi connectivity index (χ1n) is 13.6. The standard InChI is InChI=1S/C27H54O4/c1-2-3-4-5-6-7-11-14-17-20-23-31-25-26(24-28)21-18-15-12-9-8-10-13-16-19-22-27(29)30/h26,28H,2-25H2,1H3,(H,29,30). The van der Waals surface area contributed by atoms with Gasteiger partial charge in [-0.1, -0.05) is 116 Å². The van der Waals surface area contributed by atoms with Gasteiger partial charge in [-0.15, -0.1) is 0 Å². The first-order valence-corrected chi connectivity index (χ1v) is 13.6. The van der Waals surface area contributed by atoms with E-state index in [0.717, 1.165) is 38.7 Å². The number of carboxylic acid groups (broad SMARTS) is 1. The number of aliphatic carboxylic acids is 1. The van der Waals surface area contributed by atoms with Crippen LogP contribution in [0.15, 0.2) is 0 Å². The van der Waals surface area contributed by atoms with Gasteiger partial charge >= 0.3 is 5.97 Å². The van der Waals surface area contributed by atoms with Crippen molar-refractivity contribution in [3.63, 3.8) is 0 Å². The lowest BCUT2D eigenvalue weighted by molar-refractivity contribution is -0.137. The van der Waals surface area contributed by atoms with E-state index in [9.17, 15) is 9.90 Å². The van der Waals surface area contributed by atoms with Gasteiger partial charge in [0.25, 0.3) is 0 Å². The largest absolute Gasteiger partial charge is 0.481 e. The predicted molar refractivity (Wildman–Crippen MR) is 132 cm³/mol. The summed E-state index contributed by atoms with van der Waals surface area (Å²) in [5.41, 5.74) is 0. The third kappa shape index (κ3) is 25.5. The number of rotatable bonds is 26. The molecule has 0 aromatic rings. The summed E-state index contributed by atoms with van der Waals surface area (Å²) in [5.74, 6) is -0.372. The molecule has 0 aliphatic rings. The Labute approximate surface area is 193 Å². The lowest BCUT2D eigenvalue weighted by Gasteiger charge is -2.14. The van der Waals surface area contributed by atoms with Crippen molar-refractivity contribution >= 4 is 5.97 Å². The molecule has 1 unspecified atom stereocenters. The van der Waals surface area contributed by atoms with Crippen molar-refractivity contribution in [3.05, 3.63) is 0 Å². The normalized spacial score (nSPS) is 12.3. The van der Waals surface area contributed by atoms with Gasteiger partial charge in [0.05, 0.1) is 6.61 Å². The molecule has 4 nitrogen and oxygen atoms in total. The van der Waals surface area contributed by atoms with Crippen LogP contribution in [0.5, 0.6) is 0 Å². The van der Waals surface area contributed by atoms with Gasteiger partial charge in [-0.05, 0) is 19.3 Å². The Morgan fingerprint density at radius 3 is 1.61 bits per heavy atom. The lowest BCUT2D eigenvalue weighted by Crippen LogP contribution is -2.14. The summed E-state index contributed by atoms with van der Waals surface area (Å²) in [4.78, 5) is 10.4. The van der Waals surface area contributed by atoms with Crippen LogP contribution in [0.25, 0.3) is 0 Å². The fourth-order valence-corrected chi connectivity index (χ4v) is 4.12. The number of carbonyl (C=O) groups is 1. The molecule has 4 heteroatoms. The highest BCUT2D eigenvalue weighted by molar-refractivity contribution is 5.66. The minimum atomic E-state index is -0.676. The van der Waals surface area contributed by atoms with E-state index in [-0.39, 0.29) is 6.61 Å². The third-order valence-corrected chi connectivity index (χ3v) is 6.26. The van der Waals surface area contributed by atoms with Gasteiger partial charge in [-0.2, -0.15) is 0 Å². The molecule has 2 N–H and O–H groups in total. The van der Waals surface area contributed by atoms with Gasteiger partial charge in [-0.3, -0.25) is 4.79 Å². The summed E-state index contributed by atoms with van der Waals surface area (Å²) in [6.07, 6.45) is 25.4. The van der Waals surface area contributed by atoms with Crippen LogP contribution in [0.3, 0.4) is 0 Å². The maximum absolute atomic E-state index is 10.4. The van der Waals surface area contributed by atoms with E-state index in [1.807, 2.05) is 0 Å². The Balaban J connectivity index is 3.29. The molecule has 0 saturated heterocycles. The maximum Gasteiger partial charge on any atom is 0.303 e. The molecular weight excluding hydrogens is 388 g/mol. The van der Waals surface area contributed by atoms with E-state index in [1.165, 1.54) is 96.3 Å². The van der Waals surface area contributed by atoms with E-state index in [1.54, 1.807) is 0 Å². The number of aliphatic hydroxyl groups is 1. The molecule has 0 heterocycles. The second-order valence-corrected chi connectivity index (χ2v) is 9.42. The highest BCUT2D eigenvalue weighted by Gasteiger charge is 2.07. The second-order valence-electron chi connectivity index (χ2n) is 9.42. The van der Waals surface area contributed by atoms with Crippen molar-refractivity contribution < 1.29 is 19.7 Å². The Morgan fingerprint density at radius 2 is 1.13 bits per heavy atom. The third-order valence-electron chi connectivity index (χ3n) is 6.26. The van der Waals surface area contributed by atoms with Crippen molar-refractivity contribution in [2.45, 2.75) is 142 Å². The summed E-state index contributed by atoms with van der Waals surface area (Å²) in [6.45, 7) is 4.07. The van der Waals surface area contributed by atoms with Crippen LogP contribution in [0.4, 0.5) is 0 Å². The van der Waals surface area contributed by atoms with Crippen molar-refractivity contribution in [1.82, 2.24) is 0 Å². The molecule has 0 rings (SSSR count). The summed E-state index contributed by atoms with van der Waals surface area (Å²) < 4.78 is 5.82. The van der Waals surface area contributed by atoms with Gasteiger partial charge in [0.15, 0.2) is 0 Å². The lowest BCUT2D eigenvalue weighted by atomic mass is 10.0. The molecule has 0 amide bonds. The van der Waals surface area contributed by atoms with E-state index in [4.69, 9.17) is 9.84 Å². The van der Waals surface area contributed by atoms with Crippen molar-refractivity contribution in [1.29, 1.82) is 0 Å². The van der Waals surface area contributed by atoms with Crippen molar-refractivity contribution in [2.75, 3.05) is 19.8 Å². The average molecular weight is 443 g/mol. The van der Waals surface area contributed by atoms with Crippen LogP contribution in [0.1, 0.15) is 142 Å². The molecule has 31 heavy (non-hydrogen) atoms. The first-order chi connectivity index (χ1) is 15.2. The Hall–Kier alpha value is -0.610. The predicted octanol–water partition coefficient (Wildman–Crippen LogP) is 7.91. The van der Waals surface area contributed by atoms with Gasteiger partial charge in [-0.25, -0.2) is 0 Å². The van der Waals surface area contributed by atoms with E-state index >= 15 is 0 Å². The summed E-state index contributed by atoms with van der Waals surface area (Å²) in [5, 5.41) is 18.2. The second kappa shape index (κ2) is 25.6. The molecule has 0 aliphatic carbocycles. The zero-order chi connectivity index (χ0) is 22.8. The first kappa shape index (κ1) is 30.4. The highest BCUT2D eigenvalue weighted by atomic mass is 16.5. The molecule has 0 bridgehead atoms. The smallest absolute Gasteiger partial charge is 0.303 e. The molecule has 0 aromatic carbocycles. The summed E-state index contributed by atoms with van der Waals surface area (Å²) in [7, 11) is 0. The van der Waals surface area contributed by atoms with E-state index in [0.29, 0.717) is 18.9 Å². The molecule has 1 atom stereocenters. The van der Waals surface area contributed by atoms with Gasteiger partial charge < -0.3 is 14.9 Å². The Kier molecular flexibility index (Phi) is 25.1. The Bertz CT molecular complexity index is 359. The van der Waals surface area contributed by atoms with Gasteiger partial charge in [0.2, 0.25) is 0 Å². The molecule has 0 spiro atoms. The fraction of sp³-hybridized carbons (Fsp3) is 0.963.